The Bertz CT molecular complexity index is 652. The summed E-state index contributed by atoms with van der Waals surface area (Å²) < 4.78 is 37.1. The number of nitro groups is 1. The molecule has 0 aliphatic carbocycles. The minimum Gasteiger partial charge on any atom is -0.426 e. The lowest BCUT2D eigenvalue weighted by atomic mass is 10.3. The van der Waals surface area contributed by atoms with Crippen LogP contribution in [0.25, 0.3) is 11.0 Å². The molecule has 0 saturated carbocycles. The van der Waals surface area contributed by atoms with E-state index in [-0.39, 0.29) is 9.75 Å². The first-order chi connectivity index (χ1) is 8.21. The van der Waals surface area contributed by atoms with E-state index in [9.17, 15) is 28.5 Å². The Morgan fingerprint density at radius 1 is 1.44 bits per heavy atom. The molecule has 1 aromatic carbocycles. The summed E-state index contributed by atoms with van der Waals surface area (Å²) in [6.07, 6.45) is -4.94. The quantitative estimate of drug-likeness (QED) is 0.495. The van der Waals surface area contributed by atoms with Gasteiger partial charge in [0.1, 0.15) is 5.52 Å². The first-order valence-corrected chi connectivity index (χ1v) is 4.72. The van der Waals surface area contributed by atoms with Crippen LogP contribution in [0.2, 0.25) is 5.02 Å². The number of halogens is 4. The van der Waals surface area contributed by atoms with Gasteiger partial charge >= 0.3 is 6.18 Å². The van der Waals surface area contributed by atoms with Crippen molar-refractivity contribution in [2.45, 2.75) is 6.18 Å². The van der Waals surface area contributed by atoms with Crippen molar-refractivity contribution in [3.8, 4) is 0 Å². The number of non-ortho nitro benzene ring substituents is 1. The molecule has 10 heteroatoms. The number of rotatable bonds is 1. The van der Waals surface area contributed by atoms with E-state index in [2.05, 4.69) is 4.98 Å². The largest absolute Gasteiger partial charge is 0.453 e. The molecular weight excluding hydrogens is 279 g/mol. The van der Waals surface area contributed by atoms with Crippen molar-refractivity contribution in [1.82, 2.24) is 9.71 Å². The van der Waals surface area contributed by atoms with Crippen LogP contribution in [0.1, 0.15) is 5.82 Å². The van der Waals surface area contributed by atoms with Gasteiger partial charge in [-0.25, -0.2) is 4.98 Å². The fourth-order valence-electron chi connectivity index (χ4n) is 1.46. The van der Waals surface area contributed by atoms with E-state index in [1.807, 2.05) is 0 Å². The average Bonchev–Trinajstić information content (AvgIpc) is 2.54. The van der Waals surface area contributed by atoms with E-state index < -0.39 is 33.6 Å². The van der Waals surface area contributed by atoms with Crippen LogP contribution in [-0.2, 0) is 6.18 Å². The SMILES string of the molecule is O=[N+]([O-])c1cc(Cl)cc2nc(C(F)(F)F)n(O)c12. The van der Waals surface area contributed by atoms with E-state index >= 15 is 0 Å². The summed E-state index contributed by atoms with van der Waals surface area (Å²) in [6.45, 7) is 0. The highest BCUT2D eigenvalue weighted by Gasteiger charge is 2.39. The van der Waals surface area contributed by atoms with Gasteiger partial charge in [-0.1, -0.05) is 11.6 Å². The summed E-state index contributed by atoms with van der Waals surface area (Å²) in [5.41, 5.74) is -1.83. The van der Waals surface area contributed by atoms with Crippen molar-refractivity contribution in [3.05, 3.63) is 33.1 Å². The summed E-state index contributed by atoms with van der Waals surface area (Å²) in [6, 6.07) is 1.82. The molecule has 0 radical (unpaired) electrons. The van der Waals surface area contributed by atoms with Crippen LogP contribution in [0.4, 0.5) is 18.9 Å². The Labute approximate surface area is 101 Å². The zero-order chi connectivity index (χ0) is 13.7. The van der Waals surface area contributed by atoms with Crippen molar-refractivity contribution in [3.63, 3.8) is 0 Å². The summed E-state index contributed by atoms with van der Waals surface area (Å²) in [7, 11) is 0. The molecule has 2 rings (SSSR count). The highest BCUT2D eigenvalue weighted by molar-refractivity contribution is 6.31. The number of benzene rings is 1. The fraction of sp³-hybridized carbons (Fsp3) is 0.125. The number of imidazole rings is 1. The number of aromatic nitrogens is 2. The zero-order valence-corrected chi connectivity index (χ0v) is 9.03. The van der Waals surface area contributed by atoms with Crippen LogP contribution in [0, 0.1) is 10.1 Å². The summed E-state index contributed by atoms with van der Waals surface area (Å²) in [5, 5.41) is 19.9. The predicted molar refractivity (Wildman–Crippen MR) is 53.6 cm³/mol. The standard InChI is InChI=1S/C8H3ClF3N3O3/c9-3-1-4-6(5(2-3)15(17)18)14(16)7(13-4)8(10,11)12/h1-2,16H. The van der Waals surface area contributed by atoms with Gasteiger partial charge < -0.3 is 5.21 Å². The van der Waals surface area contributed by atoms with Crippen LogP contribution >= 0.6 is 11.6 Å². The molecule has 96 valence electrons. The molecule has 1 aromatic heterocycles. The first kappa shape index (κ1) is 12.4. The molecule has 2 aromatic rings. The summed E-state index contributed by atoms with van der Waals surface area (Å²) in [4.78, 5) is 12.8. The molecule has 0 aliphatic heterocycles. The van der Waals surface area contributed by atoms with Crippen molar-refractivity contribution < 1.29 is 23.3 Å². The topological polar surface area (TPSA) is 81.2 Å². The lowest BCUT2D eigenvalue weighted by molar-refractivity contribution is -0.383. The smallest absolute Gasteiger partial charge is 0.426 e. The molecule has 0 atom stereocenters. The third kappa shape index (κ3) is 1.82. The van der Waals surface area contributed by atoms with Gasteiger partial charge in [0.25, 0.3) is 11.5 Å². The maximum Gasteiger partial charge on any atom is 0.453 e. The first-order valence-electron chi connectivity index (χ1n) is 4.34. The van der Waals surface area contributed by atoms with Crippen LogP contribution in [-0.4, -0.2) is 19.8 Å². The minimum absolute atomic E-state index is 0.152. The van der Waals surface area contributed by atoms with Crippen LogP contribution in [0.3, 0.4) is 0 Å². The third-order valence-electron chi connectivity index (χ3n) is 2.12. The van der Waals surface area contributed by atoms with Crippen LogP contribution in [0.15, 0.2) is 12.1 Å². The second kappa shape index (κ2) is 3.73. The minimum atomic E-state index is -4.94. The van der Waals surface area contributed by atoms with Crippen molar-refractivity contribution >= 4 is 28.3 Å². The predicted octanol–water partition coefficient (Wildman–Crippen LogP) is 2.85. The van der Waals surface area contributed by atoms with E-state index in [1.54, 1.807) is 0 Å². The Morgan fingerprint density at radius 2 is 2.06 bits per heavy atom. The zero-order valence-electron chi connectivity index (χ0n) is 8.27. The fourth-order valence-corrected chi connectivity index (χ4v) is 1.67. The Balaban J connectivity index is 2.89. The third-order valence-corrected chi connectivity index (χ3v) is 2.34. The van der Waals surface area contributed by atoms with E-state index in [0.717, 1.165) is 12.1 Å². The van der Waals surface area contributed by atoms with Gasteiger partial charge in [-0.15, -0.1) is 0 Å². The normalized spacial score (nSPS) is 12.0. The molecule has 0 bridgehead atoms. The van der Waals surface area contributed by atoms with Gasteiger partial charge in [-0.3, -0.25) is 10.1 Å². The Hall–Kier alpha value is -2.03. The maximum absolute atomic E-state index is 12.5. The van der Waals surface area contributed by atoms with Crippen LogP contribution in [0.5, 0.6) is 0 Å². The molecule has 1 heterocycles. The Kier molecular flexibility index (Phi) is 2.58. The number of nitrogens with zero attached hydrogens (tertiary/aromatic N) is 3. The molecule has 0 aliphatic rings. The van der Waals surface area contributed by atoms with Gasteiger partial charge in [0.05, 0.1) is 4.92 Å². The molecule has 18 heavy (non-hydrogen) atoms. The van der Waals surface area contributed by atoms with Gasteiger partial charge in [0, 0.05) is 11.1 Å². The average molecular weight is 282 g/mol. The van der Waals surface area contributed by atoms with Gasteiger partial charge in [-0.05, 0) is 6.07 Å². The molecular formula is C8H3ClF3N3O3. The number of alkyl halides is 3. The van der Waals surface area contributed by atoms with E-state index in [4.69, 9.17) is 11.6 Å². The molecule has 0 fully saturated rings. The number of hydrogen-bond donors (Lipinski definition) is 1. The summed E-state index contributed by atoms with van der Waals surface area (Å²) >= 11 is 5.53. The van der Waals surface area contributed by atoms with Crippen molar-refractivity contribution in [2.24, 2.45) is 0 Å². The highest BCUT2D eigenvalue weighted by atomic mass is 35.5. The van der Waals surface area contributed by atoms with Gasteiger partial charge in [0.2, 0.25) is 0 Å². The van der Waals surface area contributed by atoms with Crippen LogP contribution < -0.4 is 0 Å². The van der Waals surface area contributed by atoms with E-state index in [1.165, 1.54) is 0 Å². The summed E-state index contributed by atoms with van der Waals surface area (Å²) in [5.74, 6) is -1.65. The van der Waals surface area contributed by atoms with Gasteiger partial charge in [-0.2, -0.15) is 17.9 Å². The number of nitro benzene ring substituents is 1. The second-order valence-electron chi connectivity index (χ2n) is 3.29. The lowest BCUT2D eigenvalue weighted by Crippen LogP contribution is -2.13. The molecule has 0 unspecified atom stereocenters. The number of hydrogen-bond acceptors (Lipinski definition) is 4. The highest BCUT2D eigenvalue weighted by Crippen LogP contribution is 2.35. The number of fused-ring (bicyclic) bond motifs is 1. The second-order valence-corrected chi connectivity index (χ2v) is 3.73. The maximum atomic E-state index is 12.5. The Morgan fingerprint density at radius 3 is 2.56 bits per heavy atom. The molecule has 0 spiro atoms. The monoisotopic (exact) mass is 281 g/mol. The molecule has 1 N–H and O–H groups in total. The van der Waals surface area contributed by atoms with Crippen molar-refractivity contribution in [2.75, 3.05) is 0 Å². The molecule has 0 saturated heterocycles. The molecule has 0 amide bonds. The van der Waals surface area contributed by atoms with Gasteiger partial charge in [0.15, 0.2) is 5.52 Å². The lowest BCUT2D eigenvalue weighted by Gasteiger charge is -2.03. The van der Waals surface area contributed by atoms with E-state index in [0.29, 0.717) is 0 Å². The van der Waals surface area contributed by atoms with Crippen molar-refractivity contribution in [1.29, 1.82) is 0 Å². The molecule has 6 nitrogen and oxygen atoms in total.